The molecule has 1 aliphatic rings. The van der Waals surface area contributed by atoms with Crippen molar-refractivity contribution in [3.8, 4) is 0 Å². The second-order valence-electron chi connectivity index (χ2n) is 15.7. The molecule has 0 aromatic carbocycles. The van der Waals surface area contributed by atoms with Crippen LogP contribution in [0.2, 0.25) is 0 Å². The summed E-state index contributed by atoms with van der Waals surface area (Å²) in [4.78, 5) is 141. The Morgan fingerprint density at radius 1 is 0.629 bits per heavy atom. The SMILES string of the molecule is CSCC[C@H](NC(=O)[C@H](CC(C)C)NC(=O)[C@@H](NC(=O)[C@H](CCC(=O)O)NC(=O)[C@H](CCC(=O)O)NC(=O)[C@@H]1CCCN1C(=O)[C@H](C)N)C(C)C)C(=O)N[C@@H](CC(=O)O)C(=O)O. The van der Waals surface area contributed by atoms with Gasteiger partial charge in [0.15, 0.2) is 0 Å². The Bertz CT molecular complexity index is 1640. The third kappa shape index (κ3) is 19.0. The quantitative estimate of drug-likeness (QED) is 0.0404. The highest BCUT2D eigenvalue weighted by molar-refractivity contribution is 7.98. The number of thioether (sulfide) groups is 1. The van der Waals surface area contributed by atoms with Crippen molar-refractivity contribution in [3.05, 3.63) is 0 Å². The molecule has 0 aromatic rings. The highest BCUT2D eigenvalue weighted by atomic mass is 32.2. The van der Waals surface area contributed by atoms with Gasteiger partial charge >= 0.3 is 23.9 Å². The predicted molar refractivity (Wildman–Crippen MR) is 221 cm³/mol. The van der Waals surface area contributed by atoms with E-state index in [1.165, 1.54) is 23.6 Å². The Kier molecular flexibility index (Phi) is 23.5. The molecule has 7 amide bonds. The summed E-state index contributed by atoms with van der Waals surface area (Å²) in [5.74, 6) is -12.4. The summed E-state index contributed by atoms with van der Waals surface area (Å²) < 4.78 is 0. The second-order valence-corrected chi connectivity index (χ2v) is 16.7. The first-order valence-electron chi connectivity index (χ1n) is 20.1. The standard InChI is InChI=1S/C38H62N8O15S/c1-18(2)16-24(34(56)41-23(13-15-62-6)32(54)44-25(38(60)61)17-29(51)52)43-36(58)30(19(3)4)45-33(55)22(10-12-28(49)50)40-31(53)21(9-11-27(47)48)42-35(57)26-8-7-14-46(26)37(59)20(5)39/h18-26,30H,7-17,39H2,1-6H3,(H,40,53)(H,41,56)(H,42,57)(H,43,58)(H,44,54)(H,45,55)(H,47,48)(H,49,50)(H,51,52)(H,60,61)/t20-,21-,22-,23-,24-,25-,26-,30-/m0/s1. The Morgan fingerprint density at radius 2 is 1.10 bits per heavy atom. The minimum Gasteiger partial charge on any atom is -0.481 e. The molecule has 24 heteroatoms. The Labute approximate surface area is 363 Å². The molecule has 12 N–H and O–H groups in total. The van der Waals surface area contributed by atoms with E-state index in [1.54, 1.807) is 34.0 Å². The monoisotopic (exact) mass is 902 g/mol. The van der Waals surface area contributed by atoms with Gasteiger partial charge in [0.2, 0.25) is 41.4 Å². The summed E-state index contributed by atoms with van der Waals surface area (Å²) >= 11 is 1.31. The first-order valence-corrected chi connectivity index (χ1v) is 21.5. The highest BCUT2D eigenvalue weighted by Crippen LogP contribution is 2.19. The smallest absolute Gasteiger partial charge is 0.326 e. The third-order valence-corrected chi connectivity index (χ3v) is 10.3. The average Bonchev–Trinajstić information content (AvgIpc) is 3.67. The predicted octanol–water partition coefficient (Wildman–Crippen LogP) is -2.02. The minimum absolute atomic E-state index is 0.00172. The molecule has 0 aliphatic carbocycles. The van der Waals surface area contributed by atoms with E-state index in [2.05, 4.69) is 31.9 Å². The third-order valence-electron chi connectivity index (χ3n) is 9.61. The van der Waals surface area contributed by atoms with Gasteiger partial charge in [-0.2, -0.15) is 11.8 Å². The number of carboxylic acid groups (broad SMARTS) is 4. The van der Waals surface area contributed by atoms with Gasteiger partial charge in [0.05, 0.1) is 12.5 Å². The van der Waals surface area contributed by atoms with Crippen molar-refractivity contribution in [2.75, 3.05) is 18.6 Å². The van der Waals surface area contributed by atoms with E-state index >= 15 is 0 Å². The Morgan fingerprint density at radius 3 is 1.55 bits per heavy atom. The van der Waals surface area contributed by atoms with E-state index in [4.69, 9.17) is 10.8 Å². The molecule has 8 atom stereocenters. The molecule has 0 aromatic heterocycles. The van der Waals surface area contributed by atoms with Gasteiger partial charge in [-0.15, -0.1) is 0 Å². The summed E-state index contributed by atoms with van der Waals surface area (Å²) in [5.41, 5.74) is 5.72. The van der Waals surface area contributed by atoms with Crippen LogP contribution in [0, 0.1) is 11.8 Å². The van der Waals surface area contributed by atoms with E-state index in [0.717, 1.165) is 0 Å². The second kappa shape index (κ2) is 26.7. The number of nitrogens with one attached hydrogen (secondary N) is 6. The van der Waals surface area contributed by atoms with Gasteiger partial charge in [-0.3, -0.25) is 47.9 Å². The van der Waals surface area contributed by atoms with E-state index < -0.39 is 152 Å². The van der Waals surface area contributed by atoms with Gasteiger partial charge in [0, 0.05) is 19.4 Å². The fourth-order valence-electron chi connectivity index (χ4n) is 6.36. The normalized spacial score (nSPS) is 17.0. The van der Waals surface area contributed by atoms with Crippen molar-refractivity contribution in [3.63, 3.8) is 0 Å². The zero-order valence-corrected chi connectivity index (χ0v) is 36.6. The van der Waals surface area contributed by atoms with Gasteiger partial charge in [0.1, 0.15) is 42.3 Å². The van der Waals surface area contributed by atoms with Crippen molar-refractivity contribution in [1.29, 1.82) is 0 Å². The fourth-order valence-corrected chi connectivity index (χ4v) is 6.83. The average molecular weight is 903 g/mol. The van der Waals surface area contributed by atoms with Crippen molar-refractivity contribution in [2.24, 2.45) is 17.6 Å². The summed E-state index contributed by atoms with van der Waals surface area (Å²) in [7, 11) is 0. The molecule has 1 saturated heterocycles. The van der Waals surface area contributed by atoms with E-state index in [-0.39, 0.29) is 31.7 Å². The topological polar surface area (TPSA) is 370 Å². The molecule has 1 aliphatic heterocycles. The Hall–Kier alpha value is -5.52. The van der Waals surface area contributed by atoms with Crippen LogP contribution in [0.3, 0.4) is 0 Å². The number of nitrogens with two attached hydrogens (primary N) is 1. The summed E-state index contributed by atoms with van der Waals surface area (Å²) in [6.07, 6.45) is -0.722. The number of aliphatic carboxylic acids is 4. The molecule has 0 radical (unpaired) electrons. The zero-order chi connectivity index (χ0) is 47.4. The van der Waals surface area contributed by atoms with Crippen LogP contribution in [-0.4, -0.2) is 157 Å². The number of rotatable bonds is 28. The van der Waals surface area contributed by atoms with Crippen molar-refractivity contribution < 1.29 is 73.2 Å². The molecule has 1 rings (SSSR count). The number of likely N-dealkylation sites (tertiary alicyclic amines) is 1. The van der Waals surface area contributed by atoms with Gasteiger partial charge < -0.3 is 63.0 Å². The highest BCUT2D eigenvalue weighted by Gasteiger charge is 2.38. The van der Waals surface area contributed by atoms with Gasteiger partial charge in [0.25, 0.3) is 0 Å². The maximum Gasteiger partial charge on any atom is 0.326 e. The zero-order valence-electron chi connectivity index (χ0n) is 35.8. The summed E-state index contributed by atoms with van der Waals surface area (Å²) in [5, 5.41) is 51.8. The number of carbonyl (C=O) groups is 11. The van der Waals surface area contributed by atoms with Crippen LogP contribution in [0.5, 0.6) is 0 Å². The van der Waals surface area contributed by atoms with Crippen LogP contribution in [0.1, 0.15) is 92.4 Å². The van der Waals surface area contributed by atoms with Crippen LogP contribution in [0.25, 0.3) is 0 Å². The van der Waals surface area contributed by atoms with Gasteiger partial charge in [-0.05, 0) is 69.3 Å². The molecular formula is C38H62N8O15S. The van der Waals surface area contributed by atoms with Gasteiger partial charge in [-0.1, -0.05) is 27.7 Å². The maximum atomic E-state index is 13.8. The summed E-state index contributed by atoms with van der Waals surface area (Å²) in [6.45, 7) is 8.23. The lowest BCUT2D eigenvalue weighted by Gasteiger charge is -2.30. The molecular weight excluding hydrogens is 841 g/mol. The molecule has 23 nitrogen and oxygen atoms in total. The van der Waals surface area contributed by atoms with Crippen LogP contribution < -0.4 is 37.6 Å². The number of hydrogen-bond acceptors (Lipinski definition) is 13. The number of amides is 7. The largest absolute Gasteiger partial charge is 0.481 e. The van der Waals surface area contributed by atoms with Crippen LogP contribution in [0.4, 0.5) is 0 Å². The van der Waals surface area contributed by atoms with Crippen molar-refractivity contribution >= 4 is 77.0 Å². The Balaban J connectivity index is 3.35. The molecule has 0 spiro atoms. The molecule has 0 bridgehead atoms. The lowest BCUT2D eigenvalue weighted by molar-refractivity contribution is -0.147. The molecule has 62 heavy (non-hydrogen) atoms. The van der Waals surface area contributed by atoms with Crippen LogP contribution in [0.15, 0.2) is 0 Å². The molecule has 350 valence electrons. The number of nitrogens with zero attached hydrogens (tertiary/aromatic N) is 1. The minimum atomic E-state index is -1.80. The van der Waals surface area contributed by atoms with Crippen LogP contribution in [-0.2, 0) is 52.7 Å². The lowest BCUT2D eigenvalue weighted by atomic mass is 9.99. The molecule has 1 fully saturated rings. The number of carboxylic acids is 4. The maximum absolute atomic E-state index is 13.8. The van der Waals surface area contributed by atoms with E-state index in [1.807, 2.05) is 0 Å². The first-order chi connectivity index (χ1) is 28.9. The van der Waals surface area contributed by atoms with E-state index in [0.29, 0.717) is 12.2 Å². The van der Waals surface area contributed by atoms with Crippen LogP contribution >= 0.6 is 11.8 Å². The van der Waals surface area contributed by atoms with E-state index in [9.17, 15) is 68.1 Å². The van der Waals surface area contributed by atoms with Crippen molar-refractivity contribution in [2.45, 2.75) is 141 Å². The number of hydrogen-bond donors (Lipinski definition) is 11. The van der Waals surface area contributed by atoms with Crippen molar-refractivity contribution in [1.82, 2.24) is 36.8 Å². The van der Waals surface area contributed by atoms with Gasteiger partial charge in [-0.25, -0.2) is 4.79 Å². The first kappa shape index (κ1) is 54.5. The fraction of sp³-hybridized carbons (Fsp3) is 0.711. The number of carbonyl (C=O) groups excluding carboxylic acids is 7. The lowest BCUT2D eigenvalue weighted by Crippen LogP contribution is -2.61. The molecule has 0 unspecified atom stereocenters. The molecule has 0 saturated carbocycles. The molecule has 1 heterocycles. The summed E-state index contributed by atoms with van der Waals surface area (Å²) in [6, 6.07) is -11.0.